The van der Waals surface area contributed by atoms with Gasteiger partial charge in [0.15, 0.2) is 0 Å². The molecule has 0 spiro atoms. The van der Waals surface area contributed by atoms with Gasteiger partial charge in [0.05, 0.1) is 22.1 Å². The van der Waals surface area contributed by atoms with Crippen LogP contribution < -0.4 is 4.90 Å². The van der Waals surface area contributed by atoms with Gasteiger partial charge in [-0.2, -0.15) is 0 Å². The number of rotatable bonds is 11. The van der Waals surface area contributed by atoms with Crippen LogP contribution in [0.1, 0.15) is 44.5 Å². The summed E-state index contributed by atoms with van der Waals surface area (Å²) in [4.78, 5) is 2.48. The SMILES string of the molecule is C=Cc1ccc(-n2c3ccc(-c4ccc5c(c4)CC5)cc3c3cc(-c4ccc(N(c5ccc(-c6ccccc6)cc5)c5ccc6c(c5)C(c5ccccc5)(c5ccc(C=C)cc5)c5ccccc5-6)c5ccccc45)ccc32)cc1. The van der Waals surface area contributed by atoms with Gasteiger partial charge in [0.2, 0.25) is 0 Å². The highest BCUT2D eigenvalue weighted by atomic mass is 15.1. The van der Waals surface area contributed by atoms with Crippen molar-refractivity contribution in [2.45, 2.75) is 18.3 Å². The maximum atomic E-state index is 4.11. The maximum absolute atomic E-state index is 4.11. The van der Waals surface area contributed by atoms with Gasteiger partial charge in [0, 0.05) is 33.2 Å². The third kappa shape index (κ3) is 7.40. The Hall–Kier alpha value is -10.0. The number of hydrogen-bond donors (Lipinski definition) is 0. The molecular formula is C77H54N2. The number of anilines is 3. The highest BCUT2D eigenvalue weighted by Crippen LogP contribution is 2.58. The van der Waals surface area contributed by atoms with E-state index in [4.69, 9.17) is 0 Å². The second-order valence-corrected chi connectivity index (χ2v) is 21.2. The zero-order valence-corrected chi connectivity index (χ0v) is 43.8. The first kappa shape index (κ1) is 46.3. The van der Waals surface area contributed by atoms with Crippen molar-refractivity contribution in [2.75, 3.05) is 4.90 Å². The zero-order chi connectivity index (χ0) is 52.6. The molecule has 2 nitrogen and oxygen atoms in total. The molecule has 0 N–H and O–H groups in total. The minimum atomic E-state index is -0.586. The lowest BCUT2D eigenvalue weighted by molar-refractivity contribution is 0.768. The molecule has 1 heterocycles. The number of nitrogens with zero attached hydrogens (tertiary/aromatic N) is 2. The molecule has 13 aromatic rings. The van der Waals surface area contributed by atoms with E-state index in [9.17, 15) is 0 Å². The first-order chi connectivity index (χ1) is 39.0. The first-order valence-corrected chi connectivity index (χ1v) is 27.5. The molecule has 2 heteroatoms. The van der Waals surface area contributed by atoms with Crippen LogP contribution in [0.2, 0.25) is 0 Å². The van der Waals surface area contributed by atoms with Crippen molar-refractivity contribution in [1.82, 2.24) is 4.57 Å². The Bertz CT molecular complexity index is 4540. The van der Waals surface area contributed by atoms with Gasteiger partial charge in [-0.3, -0.25) is 0 Å². The molecule has 0 saturated carbocycles. The predicted molar refractivity (Wildman–Crippen MR) is 334 cm³/mol. The summed E-state index contributed by atoms with van der Waals surface area (Å²) < 4.78 is 2.42. The van der Waals surface area contributed by atoms with E-state index in [1.807, 2.05) is 12.2 Å². The van der Waals surface area contributed by atoms with E-state index in [-0.39, 0.29) is 0 Å². The molecule has 1 aromatic heterocycles. The van der Waals surface area contributed by atoms with Crippen LogP contribution in [0, 0.1) is 0 Å². The lowest BCUT2D eigenvalue weighted by Gasteiger charge is -2.35. The summed E-state index contributed by atoms with van der Waals surface area (Å²) >= 11 is 0. The molecule has 0 fully saturated rings. The van der Waals surface area contributed by atoms with Crippen molar-refractivity contribution < 1.29 is 0 Å². The van der Waals surface area contributed by atoms with Gasteiger partial charge >= 0.3 is 0 Å². The van der Waals surface area contributed by atoms with E-state index in [0.29, 0.717) is 0 Å². The predicted octanol–water partition coefficient (Wildman–Crippen LogP) is 20.2. The average molecular weight is 1010 g/mol. The molecule has 2 aliphatic rings. The Labute approximate surface area is 461 Å². The largest absolute Gasteiger partial charge is 0.310 e. The van der Waals surface area contributed by atoms with Crippen LogP contribution >= 0.6 is 0 Å². The Morgan fingerprint density at radius 2 is 0.899 bits per heavy atom. The minimum absolute atomic E-state index is 0.586. The fraction of sp³-hybridized carbons (Fsp3) is 0.0390. The van der Waals surface area contributed by atoms with Crippen molar-refractivity contribution >= 4 is 61.8 Å². The molecule has 0 saturated heterocycles. The lowest BCUT2D eigenvalue weighted by Crippen LogP contribution is -2.28. The third-order valence-electron chi connectivity index (χ3n) is 17.1. The lowest BCUT2D eigenvalue weighted by atomic mass is 9.67. The molecular weight excluding hydrogens is 953 g/mol. The summed E-state index contributed by atoms with van der Waals surface area (Å²) in [6.45, 7) is 8.14. The van der Waals surface area contributed by atoms with Gasteiger partial charge in [0.25, 0.3) is 0 Å². The maximum Gasteiger partial charge on any atom is 0.0714 e. The molecule has 1 unspecified atom stereocenters. The average Bonchev–Trinajstić information content (AvgIpc) is 4.12. The monoisotopic (exact) mass is 1010 g/mol. The fourth-order valence-electron chi connectivity index (χ4n) is 13.1. The van der Waals surface area contributed by atoms with E-state index >= 15 is 0 Å². The summed E-state index contributed by atoms with van der Waals surface area (Å²) in [6, 6.07) is 99.5. The molecule has 12 aromatic carbocycles. The second-order valence-electron chi connectivity index (χ2n) is 21.2. The molecule has 15 rings (SSSR count). The third-order valence-corrected chi connectivity index (χ3v) is 17.1. The van der Waals surface area contributed by atoms with Gasteiger partial charge in [0.1, 0.15) is 0 Å². The van der Waals surface area contributed by atoms with Gasteiger partial charge in [-0.25, -0.2) is 0 Å². The van der Waals surface area contributed by atoms with Crippen molar-refractivity contribution in [3.05, 3.63) is 325 Å². The summed E-state index contributed by atoms with van der Waals surface area (Å²) in [6.07, 6.45) is 6.17. The molecule has 0 amide bonds. The van der Waals surface area contributed by atoms with Crippen LogP contribution in [0.4, 0.5) is 17.1 Å². The summed E-state index contributed by atoms with van der Waals surface area (Å²) in [5.74, 6) is 0. The van der Waals surface area contributed by atoms with Crippen molar-refractivity contribution in [3.8, 4) is 50.2 Å². The highest BCUT2D eigenvalue weighted by molar-refractivity contribution is 6.13. The van der Waals surface area contributed by atoms with Gasteiger partial charge in [-0.1, -0.05) is 226 Å². The highest BCUT2D eigenvalue weighted by Gasteiger charge is 2.46. The summed E-state index contributed by atoms with van der Waals surface area (Å²) in [7, 11) is 0. The van der Waals surface area contributed by atoms with Crippen molar-refractivity contribution in [2.24, 2.45) is 0 Å². The van der Waals surface area contributed by atoms with Crippen LogP contribution in [0.15, 0.2) is 280 Å². The Morgan fingerprint density at radius 1 is 0.354 bits per heavy atom. The minimum Gasteiger partial charge on any atom is -0.310 e. The first-order valence-electron chi connectivity index (χ1n) is 27.5. The summed E-state index contributed by atoms with van der Waals surface area (Å²) in [5, 5.41) is 4.81. The van der Waals surface area contributed by atoms with Crippen LogP contribution in [0.5, 0.6) is 0 Å². The number of aryl methyl sites for hydroxylation is 2. The molecule has 372 valence electrons. The van der Waals surface area contributed by atoms with E-state index in [2.05, 4.69) is 290 Å². The normalized spacial score (nSPS) is 14.1. The smallest absolute Gasteiger partial charge is 0.0714 e. The molecule has 0 bridgehead atoms. The zero-order valence-electron chi connectivity index (χ0n) is 43.8. The molecule has 1 atom stereocenters. The van der Waals surface area contributed by atoms with Crippen LogP contribution in [0.3, 0.4) is 0 Å². The van der Waals surface area contributed by atoms with Crippen LogP contribution in [-0.4, -0.2) is 4.57 Å². The van der Waals surface area contributed by atoms with Gasteiger partial charge in [-0.15, -0.1) is 0 Å². The second kappa shape index (κ2) is 18.6. The summed E-state index contributed by atoms with van der Waals surface area (Å²) in [5.41, 5.74) is 26.0. The Balaban J connectivity index is 0.930. The standard InChI is InChI=1S/C77H54N2/c1-3-51-23-35-61(36-24-51)77(60-17-9-6-10-18-60)72-22-14-13-20-67(72)68-42-41-64(50-73(68)77)78(62-39-31-54(32-40-62)53-15-7-5-8-16-53)74-46-43-65(66-19-11-12-21-69(66)74)59-34-45-76-71(49-59)70-48-58(57-30-28-55-27-29-56(55)47-57)33-44-75(70)79(76)63-37-25-52(4-2)26-38-63/h3-26,28,30-50H,1-2,27,29H2. The number of hydrogen-bond acceptors (Lipinski definition) is 1. The molecule has 0 aliphatic heterocycles. The number of benzene rings is 12. The fourth-order valence-corrected chi connectivity index (χ4v) is 13.1. The van der Waals surface area contributed by atoms with Crippen LogP contribution in [0.25, 0.3) is 94.9 Å². The number of aromatic nitrogens is 1. The molecule has 79 heavy (non-hydrogen) atoms. The number of fused-ring (bicyclic) bond motifs is 8. The van der Waals surface area contributed by atoms with E-state index in [1.54, 1.807) is 0 Å². The van der Waals surface area contributed by atoms with E-state index in [0.717, 1.165) is 45.7 Å². The quantitative estimate of drug-likeness (QED) is 0.125. The Kier molecular flexibility index (Phi) is 10.9. The molecule has 0 radical (unpaired) electrons. The van der Waals surface area contributed by atoms with E-state index in [1.165, 1.54) is 112 Å². The van der Waals surface area contributed by atoms with Crippen LogP contribution in [-0.2, 0) is 18.3 Å². The van der Waals surface area contributed by atoms with Gasteiger partial charge in [-0.05, 0) is 174 Å². The van der Waals surface area contributed by atoms with Crippen molar-refractivity contribution in [1.29, 1.82) is 0 Å². The van der Waals surface area contributed by atoms with E-state index < -0.39 is 5.41 Å². The van der Waals surface area contributed by atoms with Gasteiger partial charge < -0.3 is 9.47 Å². The molecule has 2 aliphatic carbocycles. The van der Waals surface area contributed by atoms with Crippen molar-refractivity contribution in [3.63, 3.8) is 0 Å². The topological polar surface area (TPSA) is 8.17 Å². The Morgan fingerprint density at radius 3 is 1.61 bits per heavy atom.